The molecule has 1 amide bonds. The number of H-pyrrole nitrogens is 1. The second-order valence-corrected chi connectivity index (χ2v) is 10.7. The summed E-state index contributed by atoms with van der Waals surface area (Å²) in [4.78, 5) is 18.2. The number of likely N-dealkylation sites (tertiary alicyclic amines) is 1. The second kappa shape index (κ2) is 7.56. The van der Waals surface area contributed by atoms with Crippen molar-refractivity contribution in [2.75, 3.05) is 31.1 Å². The highest BCUT2D eigenvalue weighted by atomic mass is 32.2. The minimum atomic E-state index is -3.51. The van der Waals surface area contributed by atoms with E-state index in [1.165, 1.54) is 42.3 Å². The molecule has 1 saturated carbocycles. The molecule has 26 heavy (non-hydrogen) atoms. The van der Waals surface area contributed by atoms with E-state index >= 15 is 0 Å². The highest BCUT2D eigenvalue weighted by Crippen LogP contribution is 2.36. The molecule has 2 atom stereocenters. The Kier molecular flexibility index (Phi) is 5.34. The Hall–Kier alpha value is -0.990. The maximum Gasteiger partial charge on any atom is 0.270 e. The van der Waals surface area contributed by atoms with E-state index in [0.717, 1.165) is 30.9 Å². The van der Waals surface area contributed by atoms with E-state index in [1.807, 2.05) is 4.90 Å². The fourth-order valence-corrected chi connectivity index (χ4v) is 7.18. The van der Waals surface area contributed by atoms with Crippen molar-refractivity contribution in [1.29, 1.82) is 0 Å². The summed E-state index contributed by atoms with van der Waals surface area (Å²) in [5.41, 5.74) is 0.404. The number of fused-ring (bicyclic) bond motifs is 1. The molecule has 2 unspecified atom stereocenters. The maximum absolute atomic E-state index is 13.1. The van der Waals surface area contributed by atoms with Crippen LogP contribution in [0.15, 0.2) is 17.2 Å². The number of carbonyl (C=O) groups is 1. The molecule has 0 aromatic carbocycles. The quantitative estimate of drug-likeness (QED) is 0.851. The Morgan fingerprint density at radius 1 is 1.08 bits per heavy atom. The predicted octanol–water partition coefficient (Wildman–Crippen LogP) is 2.55. The van der Waals surface area contributed by atoms with Crippen LogP contribution in [0.2, 0.25) is 0 Å². The number of nitrogens with one attached hydrogen (secondary N) is 1. The van der Waals surface area contributed by atoms with Gasteiger partial charge in [0.25, 0.3) is 5.91 Å². The van der Waals surface area contributed by atoms with Crippen molar-refractivity contribution in [3.8, 4) is 0 Å². The fourth-order valence-electron chi connectivity index (χ4n) is 4.61. The normalized spacial score (nSPS) is 27.9. The van der Waals surface area contributed by atoms with E-state index < -0.39 is 10.0 Å². The van der Waals surface area contributed by atoms with Gasteiger partial charge in [-0.2, -0.15) is 16.1 Å². The molecule has 1 aromatic heterocycles. The minimum Gasteiger partial charge on any atom is -0.356 e. The van der Waals surface area contributed by atoms with Crippen LogP contribution in [0.3, 0.4) is 0 Å². The molecule has 3 heterocycles. The minimum absolute atomic E-state index is 0.0442. The first-order valence-corrected chi connectivity index (χ1v) is 12.2. The van der Waals surface area contributed by atoms with Gasteiger partial charge in [0, 0.05) is 43.4 Å². The van der Waals surface area contributed by atoms with E-state index in [2.05, 4.69) is 4.98 Å². The first kappa shape index (κ1) is 18.4. The zero-order chi connectivity index (χ0) is 18.1. The van der Waals surface area contributed by atoms with Crippen LogP contribution in [0, 0.1) is 5.92 Å². The van der Waals surface area contributed by atoms with E-state index in [0.29, 0.717) is 30.7 Å². The number of hydrogen-bond acceptors (Lipinski definition) is 4. The van der Waals surface area contributed by atoms with Crippen LogP contribution in [-0.4, -0.2) is 65.7 Å². The third-order valence-corrected chi connectivity index (χ3v) is 8.82. The highest BCUT2D eigenvalue weighted by Gasteiger charge is 2.37. The SMILES string of the molecule is O=C(c1cc(S(=O)(=O)N2CCSCC2)c[nH]1)N1CCCC2CCCCC21. The summed E-state index contributed by atoms with van der Waals surface area (Å²) >= 11 is 1.77. The summed E-state index contributed by atoms with van der Waals surface area (Å²) in [6, 6.07) is 1.86. The molecule has 0 radical (unpaired) electrons. The van der Waals surface area contributed by atoms with Gasteiger partial charge in [-0.15, -0.1) is 0 Å². The summed E-state index contributed by atoms with van der Waals surface area (Å²) in [5, 5.41) is 0. The summed E-state index contributed by atoms with van der Waals surface area (Å²) in [5.74, 6) is 2.22. The molecule has 2 aliphatic heterocycles. The van der Waals surface area contributed by atoms with Crippen molar-refractivity contribution in [2.24, 2.45) is 5.92 Å². The van der Waals surface area contributed by atoms with Gasteiger partial charge in [-0.3, -0.25) is 4.79 Å². The van der Waals surface area contributed by atoms with E-state index in [4.69, 9.17) is 0 Å². The van der Waals surface area contributed by atoms with Crippen LogP contribution in [0.4, 0.5) is 0 Å². The van der Waals surface area contributed by atoms with Crippen LogP contribution in [-0.2, 0) is 10.0 Å². The molecule has 0 spiro atoms. The molecule has 1 aliphatic carbocycles. The van der Waals surface area contributed by atoms with E-state index in [-0.39, 0.29) is 10.8 Å². The predicted molar refractivity (Wildman–Crippen MR) is 103 cm³/mol. The van der Waals surface area contributed by atoms with Gasteiger partial charge < -0.3 is 9.88 Å². The number of piperidine rings is 1. The second-order valence-electron chi connectivity index (χ2n) is 7.52. The molecule has 3 fully saturated rings. The molecular weight excluding hydrogens is 370 g/mol. The zero-order valence-electron chi connectivity index (χ0n) is 15.0. The van der Waals surface area contributed by atoms with Crippen LogP contribution in [0.25, 0.3) is 0 Å². The van der Waals surface area contributed by atoms with Crippen LogP contribution in [0.5, 0.6) is 0 Å². The standard InChI is InChI=1S/C18H27N3O3S2/c22-18(21-7-3-5-14-4-1-2-6-17(14)21)16-12-15(13-19-16)26(23,24)20-8-10-25-11-9-20/h12-14,17,19H,1-11H2. The molecule has 0 bridgehead atoms. The lowest BCUT2D eigenvalue weighted by Crippen LogP contribution is -2.49. The summed E-state index contributed by atoms with van der Waals surface area (Å²) in [7, 11) is -3.51. The first-order valence-electron chi connectivity index (χ1n) is 9.64. The van der Waals surface area contributed by atoms with E-state index in [9.17, 15) is 13.2 Å². The van der Waals surface area contributed by atoms with Crippen molar-refractivity contribution in [2.45, 2.75) is 49.5 Å². The summed E-state index contributed by atoms with van der Waals surface area (Å²) in [6.45, 7) is 1.86. The lowest BCUT2D eigenvalue weighted by Gasteiger charge is -2.44. The number of aromatic amines is 1. The number of thioether (sulfide) groups is 1. The van der Waals surface area contributed by atoms with Crippen molar-refractivity contribution in [3.63, 3.8) is 0 Å². The number of aromatic nitrogens is 1. The average Bonchev–Trinajstić information content (AvgIpc) is 3.19. The van der Waals surface area contributed by atoms with Gasteiger partial charge in [-0.25, -0.2) is 8.42 Å². The van der Waals surface area contributed by atoms with Gasteiger partial charge in [-0.05, 0) is 37.7 Å². The third kappa shape index (κ3) is 3.43. The van der Waals surface area contributed by atoms with Gasteiger partial charge in [0.1, 0.15) is 10.6 Å². The molecule has 3 aliphatic rings. The Bertz CT molecular complexity index is 753. The highest BCUT2D eigenvalue weighted by molar-refractivity contribution is 7.99. The zero-order valence-corrected chi connectivity index (χ0v) is 16.7. The van der Waals surface area contributed by atoms with Crippen LogP contribution < -0.4 is 0 Å². The number of rotatable bonds is 3. The molecule has 2 saturated heterocycles. The van der Waals surface area contributed by atoms with Gasteiger partial charge >= 0.3 is 0 Å². The van der Waals surface area contributed by atoms with Crippen molar-refractivity contribution in [1.82, 2.24) is 14.2 Å². The van der Waals surface area contributed by atoms with Crippen LogP contribution in [0.1, 0.15) is 49.0 Å². The van der Waals surface area contributed by atoms with Gasteiger partial charge in [0.2, 0.25) is 10.0 Å². The number of amides is 1. The third-order valence-electron chi connectivity index (χ3n) is 6.00. The number of sulfonamides is 1. The summed E-state index contributed by atoms with van der Waals surface area (Å²) < 4.78 is 27.1. The molecule has 144 valence electrons. The van der Waals surface area contributed by atoms with Gasteiger partial charge in [-0.1, -0.05) is 12.8 Å². The first-order chi connectivity index (χ1) is 12.6. The van der Waals surface area contributed by atoms with Crippen molar-refractivity contribution >= 4 is 27.7 Å². The van der Waals surface area contributed by atoms with Crippen LogP contribution >= 0.6 is 11.8 Å². The van der Waals surface area contributed by atoms with Crippen molar-refractivity contribution in [3.05, 3.63) is 18.0 Å². The fraction of sp³-hybridized carbons (Fsp3) is 0.722. The lowest BCUT2D eigenvalue weighted by atomic mass is 9.78. The number of hydrogen-bond donors (Lipinski definition) is 1. The Morgan fingerprint density at radius 2 is 1.81 bits per heavy atom. The Labute approximate surface area is 159 Å². The molecule has 1 N–H and O–H groups in total. The Morgan fingerprint density at radius 3 is 2.62 bits per heavy atom. The molecule has 1 aromatic rings. The van der Waals surface area contributed by atoms with Gasteiger partial charge in [0.15, 0.2) is 0 Å². The number of nitrogens with zero attached hydrogens (tertiary/aromatic N) is 2. The molecule has 4 rings (SSSR count). The largest absolute Gasteiger partial charge is 0.356 e. The monoisotopic (exact) mass is 397 g/mol. The molecule has 8 heteroatoms. The summed E-state index contributed by atoms with van der Waals surface area (Å²) in [6.07, 6.45) is 8.48. The smallest absolute Gasteiger partial charge is 0.270 e. The topological polar surface area (TPSA) is 73.5 Å². The Balaban J connectivity index is 1.52. The van der Waals surface area contributed by atoms with Gasteiger partial charge in [0.05, 0.1) is 0 Å². The maximum atomic E-state index is 13.1. The molecule has 6 nitrogen and oxygen atoms in total. The lowest BCUT2D eigenvalue weighted by molar-refractivity contribution is 0.0386. The van der Waals surface area contributed by atoms with Crippen molar-refractivity contribution < 1.29 is 13.2 Å². The average molecular weight is 398 g/mol. The molecular formula is C18H27N3O3S2. The van der Waals surface area contributed by atoms with E-state index in [1.54, 1.807) is 11.8 Å². The number of carbonyl (C=O) groups excluding carboxylic acids is 1.